The number of likely N-dealkylation sites (N-methyl/N-ethyl adjacent to an activating group) is 1. The molecule has 2 aromatic rings. The van der Waals surface area contributed by atoms with Gasteiger partial charge in [0.2, 0.25) is 0 Å². The summed E-state index contributed by atoms with van der Waals surface area (Å²) in [5.41, 5.74) is 4.74. The maximum Gasteiger partial charge on any atom is 0.340 e. The molecule has 2 N–H and O–H groups in total. The first kappa shape index (κ1) is 18.8. The Morgan fingerprint density at radius 2 is 1.88 bits per heavy atom. The normalized spacial score (nSPS) is 15.5. The van der Waals surface area contributed by atoms with E-state index in [4.69, 9.17) is 17.0 Å². The zero-order valence-electron chi connectivity index (χ0n) is 14.8. The van der Waals surface area contributed by atoms with E-state index in [0.717, 1.165) is 36.6 Å². The third-order valence-corrected chi connectivity index (χ3v) is 5.48. The average molecular weight is 391 g/mol. The predicted molar refractivity (Wildman–Crippen MR) is 110 cm³/mol. The molecule has 6 nitrogen and oxygen atoms in total. The van der Waals surface area contributed by atoms with E-state index in [0.29, 0.717) is 15.7 Å². The Labute approximate surface area is 162 Å². The number of thiocarbonyl (C=S) groups is 1. The smallest absolute Gasteiger partial charge is 0.340 e. The number of nitrogens with one attached hydrogen (secondary N) is 2. The first-order valence-corrected chi connectivity index (χ1v) is 9.58. The lowest BCUT2D eigenvalue weighted by molar-refractivity contribution is 0.0602. The fourth-order valence-electron chi connectivity index (χ4n) is 2.68. The van der Waals surface area contributed by atoms with Crippen molar-refractivity contribution in [2.24, 2.45) is 0 Å². The largest absolute Gasteiger partial charge is 0.465 e. The molecule has 1 aliphatic heterocycles. The van der Waals surface area contributed by atoms with E-state index in [9.17, 15) is 4.79 Å². The average Bonchev–Trinajstić information content (AvgIpc) is 3.07. The fourth-order valence-corrected chi connectivity index (χ4v) is 4.03. The molecule has 2 heterocycles. The lowest BCUT2D eigenvalue weighted by atomic mass is 10.1. The van der Waals surface area contributed by atoms with Gasteiger partial charge in [0.1, 0.15) is 5.00 Å². The van der Waals surface area contributed by atoms with Crippen LogP contribution in [-0.4, -0.2) is 61.3 Å². The Morgan fingerprint density at radius 1 is 1.19 bits per heavy atom. The Balaban J connectivity index is 1.74. The predicted octanol–water partition coefficient (Wildman–Crippen LogP) is 2.65. The number of esters is 1. The highest BCUT2D eigenvalue weighted by molar-refractivity contribution is 7.80. The minimum atomic E-state index is -0.381. The molecule has 0 aliphatic carbocycles. The van der Waals surface area contributed by atoms with Crippen molar-refractivity contribution in [1.82, 2.24) is 15.3 Å². The van der Waals surface area contributed by atoms with Gasteiger partial charge in [0.25, 0.3) is 0 Å². The molecule has 1 fully saturated rings. The molecular weight excluding hydrogens is 368 g/mol. The van der Waals surface area contributed by atoms with Gasteiger partial charge in [0, 0.05) is 31.1 Å². The van der Waals surface area contributed by atoms with Gasteiger partial charge in [-0.3, -0.25) is 5.43 Å². The molecule has 0 amide bonds. The second-order valence-electron chi connectivity index (χ2n) is 6.07. The number of rotatable bonds is 4. The molecule has 0 bridgehead atoms. The van der Waals surface area contributed by atoms with Gasteiger partial charge in [-0.25, -0.2) is 9.80 Å². The van der Waals surface area contributed by atoms with E-state index in [1.807, 2.05) is 36.4 Å². The SMILES string of the molecule is COC(=O)c1cc(-c2ccccc2)sc1NC(=S)NN1CCN(C)CC1. The first-order chi connectivity index (χ1) is 12.6. The number of ether oxygens (including phenoxy) is 1. The summed E-state index contributed by atoms with van der Waals surface area (Å²) in [5, 5.41) is 6.40. The third-order valence-electron chi connectivity index (χ3n) is 4.19. The summed E-state index contributed by atoms with van der Waals surface area (Å²) in [6.45, 7) is 3.75. The summed E-state index contributed by atoms with van der Waals surface area (Å²) in [5.74, 6) is -0.381. The lowest BCUT2D eigenvalue weighted by Crippen LogP contribution is -2.53. The van der Waals surface area contributed by atoms with Gasteiger partial charge in [-0.05, 0) is 30.9 Å². The molecule has 8 heteroatoms. The first-order valence-electron chi connectivity index (χ1n) is 8.35. The number of hydrogen-bond acceptors (Lipinski definition) is 6. The Bertz CT molecular complexity index is 771. The maximum atomic E-state index is 12.2. The van der Waals surface area contributed by atoms with Crippen LogP contribution >= 0.6 is 23.6 Å². The number of carbonyl (C=O) groups excluding carboxylic acids is 1. The quantitative estimate of drug-likeness (QED) is 0.615. The fraction of sp³-hybridized carbons (Fsp3) is 0.333. The Hall–Kier alpha value is -2.00. The zero-order valence-corrected chi connectivity index (χ0v) is 16.5. The van der Waals surface area contributed by atoms with Crippen molar-refractivity contribution in [3.8, 4) is 10.4 Å². The van der Waals surface area contributed by atoms with E-state index in [2.05, 4.69) is 27.7 Å². The Morgan fingerprint density at radius 3 is 2.54 bits per heavy atom. The molecule has 0 unspecified atom stereocenters. The van der Waals surface area contributed by atoms with Crippen molar-refractivity contribution < 1.29 is 9.53 Å². The van der Waals surface area contributed by atoms with Gasteiger partial charge < -0.3 is 15.0 Å². The number of thiophene rings is 1. The highest BCUT2D eigenvalue weighted by atomic mass is 32.1. The molecular formula is C18H22N4O2S2. The summed E-state index contributed by atoms with van der Waals surface area (Å²) < 4.78 is 4.92. The minimum absolute atomic E-state index is 0.381. The molecule has 1 aromatic carbocycles. The van der Waals surface area contributed by atoms with E-state index >= 15 is 0 Å². The topological polar surface area (TPSA) is 56.8 Å². The van der Waals surface area contributed by atoms with Gasteiger partial charge in [0.15, 0.2) is 5.11 Å². The van der Waals surface area contributed by atoms with Gasteiger partial charge >= 0.3 is 5.97 Å². The number of carbonyl (C=O) groups is 1. The summed E-state index contributed by atoms with van der Waals surface area (Å²) in [7, 11) is 3.49. The van der Waals surface area contributed by atoms with Crippen LogP contribution in [0.1, 0.15) is 10.4 Å². The molecule has 138 valence electrons. The monoisotopic (exact) mass is 390 g/mol. The number of benzene rings is 1. The molecule has 26 heavy (non-hydrogen) atoms. The van der Waals surface area contributed by atoms with Crippen LogP contribution in [0.2, 0.25) is 0 Å². The van der Waals surface area contributed by atoms with Crippen molar-refractivity contribution in [3.63, 3.8) is 0 Å². The van der Waals surface area contributed by atoms with Crippen molar-refractivity contribution >= 4 is 39.6 Å². The van der Waals surface area contributed by atoms with Gasteiger partial charge in [-0.2, -0.15) is 0 Å². The molecule has 0 atom stereocenters. The van der Waals surface area contributed by atoms with Crippen molar-refractivity contribution in [2.75, 3.05) is 45.7 Å². The molecule has 3 rings (SSSR count). The third kappa shape index (κ3) is 4.59. The van der Waals surface area contributed by atoms with E-state index < -0.39 is 0 Å². The Kier molecular flexibility index (Phi) is 6.20. The number of hydrogen-bond donors (Lipinski definition) is 2. The van der Waals surface area contributed by atoms with Crippen molar-refractivity contribution in [2.45, 2.75) is 0 Å². The highest BCUT2D eigenvalue weighted by Crippen LogP contribution is 2.35. The van der Waals surface area contributed by atoms with Crippen LogP contribution in [0.4, 0.5) is 5.00 Å². The van der Waals surface area contributed by atoms with Crippen LogP contribution in [0.3, 0.4) is 0 Å². The van der Waals surface area contributed by atoms with Crippen molar-refractivity contribution in [3.05, 3.63) is 42.0 Å². The number of nitrogens with zero attached hydrogens (tertiary/aromatic N) is 2. The molecule has 1 aliphatic rings. The van der Waals surface area contributed by atoms with Crippen LogP contribution in [0.15, 0.2) is 36.4 Å². The lowest BCUT2D eigenvalue weighted by Gasteiger charge is -2.33. The van der Waals surface area contributed by atoms with E-state index in [-0.39, 0.29) is 5.97 Å². The van der Waals surface area contributed by atoms with Crippen LogP contribution in [-0.2, 0) is 4.74 Å². The van der Waals surface area contributed by atoms with Gasteiger partial charge in [0.05, 0.1) is 12.7 Å². The number of piperazine rings is 1. The number of anilines is 1. The second-order valence-corrected chi connectivity index (χ2v) is 7.53. The zero-order chi connectivity index (χ0) is 18.5. The van der Waals surface area contributed by atoms with Gasteiger partial charge in [-0.15, -0.1) is 11.3 Å². The number of hydrazine groups is 1. The van der Waals surface area contributed by atoms with Crippen LogP contribution in [0, 0.1) is 0 Å². The standard InChI is InChI=1S/C18H22N4O2S2/c1-21-8-10-22(11-9-21)20-18(25)19-16-14(17(23)24-2)12-15(26-16)13-6-4-3-5-7-13/h3-7,12H,8-11H2,1-2H3,(H2,19,20,25). The number of methoxy groups -OCH3 is 1. The van der Waals surface area contributed by atoms with E-state index in [1.165, 1.54) is 18.4 Å². The molecule has 0 radical (unpaired) electrons. The highest BCUT2D eigenvalue weighted by Gasteiger charge is 2.20. The summed E-state index contributed by atoms with van der Waals surface area (Å²) in [6.07, 6.45) is 0. The van der Waals surface area contributed by atoms with Crippen LogP contribution in [0.25, 0.3) is 10.4 Å². The van der Waals surface area contributed by atoms with Crippen LogP contribution < -0.4 is 10.7 Å². The van der Waals surface area contributed by atoms with Crippen molar-refractivity contribution in [1.29, 1.82) is 0 Å². The van der Waals surface area contributed by atoms with Crippen LogP contribution in [0.5, 0.6) is 0 Å². The van der Waals surface area contributed by atoms with Gasteiger partial charge in [-0.1, -0.05) is 30.3 Å². The molecule has 1 saturated heterocycles. The molecule has 0 spiro atoms. The minimum Gasteiger partial charge on any atom is -0.465 e. The summed E-state index contributed by atoms with van der Waals surface area (Å²) in [4.78, 5) is 15.4. The molecule has 1 aromatic heterocycles. The summed E-state index contributed by atoms with van der Waals surface area (Å²) >= 11 is 6.91. The second kappa shape index (κ2) is 8.59. The molecule has 0 saturated carbocycles. The maximum absolute atomic E-state index is 12.2. The van der Waals surface area contributed by atoms with E-state index in [1.54, 1.807) is 0 Å². The summed E-state index contributed by atoms with van der Waals surface area (Å²) in [6, 6.07) is 11.8.